The highest BCUT2D eigenvalue weighted by molar-refractivity contribution is 5.61. The molecular weight excluding hydrogens is 612 g/mol. The van der Waals surface area contributed by atoms with Gasteiger partial charge in [-0.2, -0.15) is 10.5 Å². The van der Waals surface area contributed by atoms with E-state index in [2.05, 4.69) is 35.8 Å². The molecule has 0 aliphatic heterocycles. The number of hydrogen-bond acceptors (Lipinski definition) is 10. The lowest BCUT2D eigenvalue weighted by Gasteiger charge is -2.15. The van der Waals surface area contributed by atoms with Crippen molar-refractivity contribution in [2.24, 2.45) is 0 Å². The van der Waals surface area contributed by atoms with Gasteiger partial charge in [0.05, 0.1) is 89.3 Å². The second-order valence-electron chi connectivity index (χ2n) is 9.85. The molecule has 0 aliphatic rings. The second-order valence-corrected chi connectivity index (χ2v) is 9.85. The van der Waals surface area contributed by atoms with Crippen LogP contribution in [-0.2, 0) is 28.4 Å². The lowest BCUT2D eigenvalue weighted by molar-refractivity contribution is 0.0159. The van der Waals surface area contributed by atoms with Crippen LogP contribution >= 0.6 is 0 Å². The third-order valence-electron chi connectivity index (χ3n) is 6.37. The molecule has 0 fully saturated rings. The van der Waals surface area contributed by atoms with Crippen molar-refractivity contribution >= 4 is 0 Å². The molecule has 0 heterocycles. The van der Waals surface area contributed by atoms with Crippen molar-refractivity contribution in [2.45, 2.75) is 0 Å². The molecule has 48 heavy (non-hydrogen) atoms. The third kappa shape index (κ3) is 14.7. The number of benzene rings is 3. The number of hydrogen-bond donors (Lipinski definition) is 0. The summed E-state index contributed by atoms with van der Waals surface area (Å²) in [6.07, 6.45) is 0. The summed E-state index contributed by atoms with van der Waals surface area (Å²) in [6, 6.07) is 21.9. The SMILES string of the molecule is COCCOCCOCCOc1cc(C#Cc2ccc(C#N)cc2)c(C#Cc2ccc(C#N)cc2)cc1OCCOCCOCCOC. The van der Waals surface area contributed by atoms with E-state index in [-0.39, 0.29) is 13.2 Å². The molecule has 0 unspecified atom stereocenters. The number of rotatable bonds is 20. The molecule has 3 rings (SSSR count). The largest absolute Gasteiger partial charge is 0.487 e. The molecule has 0 spiro atoms. The Morgan fingerprint density at radius 3 is 1.06 bits per heavy atom. The number of nitriles is 2. The van der Waals surface area contributed by atoms with E-state index in [9.17, 15) is 0 Å². The van der Waals surface area contributed by atoms with Crippen molar-refractivity contribution in [3.8, 4) is 47.3 Å². The van der Waals surface area contributed by atoms with Gasteiger partial charge in [0, 0.05) is 48.6 Å². The van der Waals surface area contributed by atoms with E-state index in [0.717, 1.165) is 11.1 Å². The fourth-order valence-electron chi connectivity index (χ4n) is 3.88. The van der Waals surface area contributed by atoms with Gasteiger partial charge < -0.3 is 37.9 Å². The topological polar surface area (TPSA) is 121 Å². The van der Waals surface area contributed by atoms with Gasteiger partial charge in [0.25, 0.3) is 0 Å². The van der Waals surface area contributed by atoms with E-state index in [0.29, 0.717) is 99.8 Å². The van der Waals surface area contributed by atoms with Gasteiger partial charge in [-0.15, -0.1) is 0 Å². The molecule has 3 aromatic carbocycles. The van der Waals surface area contributed by atoms with Gasteiger partial charge in [-0.05, 0) is 48.5 Å². The summed E-state index contributed by atoms with van der Waals surface area (Å²) in [7, 11) is 3.25. The molecule has 0 radical (unpaired) electrons. The van der Waals surface area contributed by atoms with Gasteiger partial charge >= 0.3 is 0 Å². The molecule has 0 aromatic heterocycles. The highest BCUT2D eigenvalue weighted by Gasteiger charge is 2.12. The Kier molecular flexibility index (Phi) is 18.4. The summed E-state index contributed by atoms with van der Waals surface area (Å²) in [5.41, 5.74) is 3.84. The van der Waals surface area contributed by atoms with Gasteiger partial charge in [0.15, 0.2) is 11.5 Å². The van der Waals surface area contributed by atoms with Crippen molar-refractivity contribution in [1.29, 1.82) is 10.5 Å². The quantitative estimate of drug-likeness (QED) is 0.129. The molecule has 0 amide bonds. The smallest absolute Gasteiger partial charge is 0.162 e. The highest BCUT2D eigenvalue weighted by Crippen LogP contribution is 2.31. The predicted octanol–water partition coefficient (Wildman–Crippen LogP) is 4.35. The summed E-state index contributed by atoms with van der Waals surface area (Å²) in [6.45, 7) is 5.05. The van der Waals surface area contributed by atoms with Crippen LogP contribution in [0.4, 0.5) is 0 Å². The zero-order valence-electron chi connectivity index (χ0n) is 27.4. The fourth-order valence-corrected chi connectivity index (χ4v) is 3.88. The van der Waals surface area contributed by atoms with Crippen molar-refractivity contribution in [3.05, 3.63) is 94.0 Å². The van der Waals surface area contributed by atoms with Crippen molar-refractivity contribution in [2.75, 3.05) is 93.5 Å². The second kappa shape index (κ2) is 23.4. The predicted molar refractivity (Wildman–Crippen MR) is 179 cm³/mol. The van der Waals surface area contributed by atoms with E-state index < -0.39 is 0 Å². The van der Waals surface area contributed by atoms with E-state index in [4.69, 9.17) is 48.4 Å². The molecule has 250 valence electrons. The van der Waals surface area contributed by atoms with Crippen LogP contribution in [0.25, 0.3) is 0 Å². The Bertz CT molecular complexity index is 1470. The number of methoxy groups -OCH3 is 2. The van der Waals surface area contributed by atoms with Gasteiger partial charge in [-0.25, -0.2) is 0 Å². The first-order valence-corrected chi connectivity index (χ1v) is 15.4. The first kappa shape index (κ1) is 37.6. The maximum Gasteiger partial charge on any atom is 0.162 e. The minimum absolute atomic E-state index is 0.266. The maximum atomic E-state index is 9.14. The number of nitrogens with zero attached hydrogens (tertiary/aromatic N) is 2. The Hall–Kier alpha value is -4.88. The molecule has 10 nitrogen and oxygen atoms in total. The summed E-state index contributed by atoms with van der Waals surface area (Å²) >= 11 is 0. The van der Waals surface area contributed by atoms with Gasteiger partial charge in [0.1, 0.15) is 13.2 Å². The molecule has 0 saturated heterocycles. The van der Waals surface area contributed by atoms with Crippen molar-refractivity contribution < 1.29 is 37.9 Å². The molecule has 0 atom stereocenters. The summed E-state index contributed by atoms with van der Waals surface area (Å²) < 4.78 is 44.3. The molecule has 3 aromatic rings. The van der Waals surface area contributed by atoms with Crippen LogP contribution in [0.1, 0.15) is 33.4 Å². The van der Waals surface area contributed by atoms with E-state index in [1.54, 1.807) is 74.9 Å². The molecular formula is C38H40N2O8. The van der Waals surface area contributed by atoms with Crippen molar-refractivity contribution in [3.63, 3.8) is 0 Å². The van der Waals surface area contributed by atoms with Crippen LogP contribution in [0.3, 0.4) is 0 Å². The maximum absolute atomic E-state index is 9.14. The third-order valence-corrected chi connectivity index (χ3v) is 6.37. The molecule has 0 aliphatic carbocycles. The fraction of sp³-hybridized carbons (Fsp3) is 0.368. The Morgan fingerprint density at radius 1 is 0.417 bits per heavy atom. The molecule has 0 saturated carbocycles. The average molecular weight is 653 g/mol. The molecule has 0 bridgehead atoms. The highest BCUT2D eigenvalue weighted by atomic mass is 16.6. The number of ether oxygens (including phenoxy) is 8. The van der Waals surface area contributed by atoms with Crippen LogP contribution in [0.2, 0.25) is 0 Å². The van der Waals surface area contributed by atoms with E-state index in [1.807, 2.05) is 0 Å². The minimum Gasteiger partial charge on any atom is -0.487 e. The van der Waals surface area contributed by atoms with Crippen LogP contribution in [0.15, 0.2) is 60.7 Å². The standard InChI is InChI=1S/C38H40N2O8/c1-41-15-17-43-19-21-45-23-25-47-37-27-35(13-11-31-3-7-33(29-39)8-4-31)36(14-12-32-5-9-34(30-40)10-6-32)28-38(37)48-26-24-46-22-20-44-18-16-42-2/h3-10,27-28H,15-26H2,1-2H3. The van der Waals surface area contributed by atoms with Crippen LogP contribution in [0.5, 0.6) is 11.5 Å². The van der Waals surface area contributed by atoms with Gasteiger partial charge in [0.2, 0.25) is 0 Å². The zero-order chi connectivity index (χ0) is 34.1. The first-order valence-electron chi connectivity index (χ1n) is 15.4. The van der Waals surface area contributed by atoms with Gasteiger partial charge in [-0.1, -0.05) is 23.7 Å². The Morgan fingerprint density at radius 2 is 0.729 bits per heavy atom. The normalized spacial score (nSPS) is 10.2. The minimum atomic E-state index is 0.266. The lowest BCUT2D eigenvalue weighted by Crippen LogP contribution is -2.14. The first-order chi connectivity index (χ1) is 23.7. The monoisotopic (exact) mass is 652 g/mol. The molecule has 10 heteroatoms. The average Bonchev–Trinajstić information content (AvgIpc) is 3.12. The van der Waals surface area contributed by atoms with E-state index >= 15 is 0 Å². The van der Waals surface area contributed by atoms with Crippen LogP contribution in [-0.4, -0.2) is 93.5 Å². The molecule has 0 N–H and O–H groups in total. The van der Waals surface area contributed by atoms with Crippen LogP contribution < -0.4 is 9.47 Å². The Balaban J connectivity index is 1.81. The Labute approximate surface area is 283 Å². The summed E-state index contributed by atoms with van der Waals surface area (Å²) in [5, 5.41) is 18.3. The van der Waals surface area contributed by atoms with Gasteiger partial charge in [-0.3, -0.25) is 0 Å². The zero-order valence-corrected chi connectivity index (χ0v) is 27.4. The summed E-state index contributed by atoms with van der Waals surface area (Å²) in [5.74, 6) is 13.7. The van der Waals surface area contributed by atoms with Crippen molar-refractivity contribution in [1.82, 2.24) is 0 Å². The van der Waals surface area contributed by atoms with E-state index in [1.165, 1.54) is 0 Å². The summed E-state index contributed by atoms with van der Waals surface area (Å²) in [4.78, 5) is 0. The lowest BCUT2D eigenvalue weighted by atomic mass is 10.0. The van der Waals surface area contributed by atoms with Crippen LogP contribution in [0, 0.1) is 46.3 Å².